The van der Waals surface area contributed by atoms with Crippen molar-refractivity contribution in [1.82, 2.24) is 0 Å². The predicted molar refractivity (Wildman–Crippen MR) is 128 cm³/mol. The predicted octanol–water partition coefficient (Wildman–Crippen LogP) is 5.13. The van der Waals surface area contributed by atoms with Gasteiger partial charge in [0.1, 0.15) is 11.9 Å². The number of methoxy groups -OCH3 is 3. The van der Waals surface area contributed by atoms with Crippen molar-refractivity contribution in [3.8, 4) is 35.5 Å². The van der Waals surface area contributed by atoms with E-state index in [1.807, 2.05) is 12.1 Å². The van der Waals surface area contributed by atoms with E-state index in [0.717, 1.165) is 0 Å². The summed E-state index contributed by atoms with van der Waals surface area (Å²) in [5.41, 5.74) is -3.74. The van der Waals surface area contributed by atoms with Crippen LogP contribution in [0.1, 0.15) is 24.2 Å². The minimum Gasteiger partial charge on any atom is -0.496 e. The van der Waals surface area contributed by atoms with Gasteiger partial charge in [-0.2, -0.15) is 15.8 Å². The van der Waals surface area contributed by atoms with Crippen LogP contribution in [0.5, 0.6) is 17.2 Å². The third-order valence-corrected chi connectivity index (χ3v) is 7.54. The number of benzene rings is 2. The number of nitrogens with one attached hydrogen (secondary N) is 1. The third-order valence-electron chi connectivity index (χ3n) is 6.99. The van der Waals surface area contributed by atoms with Crippen LogP contribution in [0.3, 0.4) is 0 Å². The maximum atomic E-state index is 10.5. The number of halogens is 2. The van der Waals surface area contributed by atoms with Crippen molar-refractivity contribution in [1.29, 1.82) is 21.2 Å². The lowest BCUT2D eigenvalue weighted by molar-refractivity contribution is -0.288. The van der Waals surface area contributed by atoms with Crippen LogP contribution in [0.4, 0.5) is 0 Å². The van der Waals surface area contributed by atoms with Crippen LogP contribution in [0, 0.1) is 56.2 Å². The van der Waals surface area contributed by atoms with E-state index in [0.29, 0.717) is 10.8 Å². The molecule has 0 aromatic heterocycles. The summed E-state index contributed by atoms with van der Waals surface area (Å²) < 4.78 is 28.8. The van der Waals surface area contributed by atoms with Gasteiger partial charge in [-0.25, -0.2) is 0 Å². The van der Waals surface area contributed by atoms with Crippen LogP contribution in [0.25, 0.3) is 0 Å². The quantitative estimate of drug-likeness (QED) is 0.564. The fourth-order valence-electron chi connectivity index (χ4n) is 5.15. The first-order chi connectivity index (χ1) is 17.2. The first kappa shape index (κ1) is 25.4. The van der Waals surface area contributed by atoms with E-state index >= 15 is 0 Å². The van der Waals surface area contributed by atoms with Crippen LogP contribution in [0.15, 0.2) is 30.3 Å². The maximum absolute atomic E-state index is 10.5. The fraction of sp³-hybridized carbons (Fsp3) is 0.360. The van der Waals surface area contributed by atoms with E-state index in [-0.39, 0.29) is 27.6 Å². The molecule has 0 saturated carbocycles. The number of hydrogen-bond acceptors (Lipinski definition) is 9. The Balaban J connectivity index is 2.10. The third kappa shape index (κ3) is 2.99. The maximum Gasteiger partial charge on any atom is 0.245 e. The molecule has 2 fully saturated rings. The molecule has 0 radical (unpaired) electrons. The molecule has 11 heteroatoms. The van der Waals surface area contributed by atoms with Crippen molar-refractivity contribution in [2.24, 2.45) is 16.7 Å². The van der Waals surface area contributed by atoms with Crippen LogP contribution < -0.4 is 14.2 Å². The number of rotatable bonds is 5. The molecule has 1 N–H and O–H groups in total. The highest BCUT2D eigenvalue weighted by Gasteiger charge is 2.80. The zero-order valence-electron chi connectivity index (χ0n) is 19.7. The van der Waals surface area contributed by atoms with Crippen molar-refractivity contribution < 1.29 is 23.7 Å². The number of fused-ring (bicyclic) bond motifs is 2. The molecule has 0 spiro atoms. The van der Waals surface area contributed by atoms with E-state index in [4.69, 9.17) is 52.3 Å². The van der Waals surface area contributed by atoms with Crippen LogP contribution in [-0.2, 0) is 15.3 Å². The summed E-state index contributed by atoms with van der Waals surface area (Å²) in [7, 11) is 4.27. The van der Waals surface area contributed by atoms with Gasteiger partial charge < -0.3 is 23.7 Å². The summed E-state index contributed by atoms with van der Waals surface area (Å²) in [4.78, 5) is 0. The van der Waals surface area contributed by atoms with Gasteiger partial charge in [0.2, 0.25) is 17.1 Å². The highest BCUT2D eigenvalue weighted by molar-refractivity contribution is 6.35. The Kier molecular flexibility index (Phi) is 6.19. The molecule has 2 bridgehead atoms. The van der Waals surface area contributed by atoms with Crippen LogP contribution in [0.2, 0.25) is 10.0 Å². The molecule has 184 valence electrons. The molecule has 9 nitrogen and oxygen atoms in total. The first-order valence-electron chi connectivity index (χ1n) is 10.6. The van der Waals surface area contributed by atoms with Gasteiger partial charge in [0.15, 0.2) is 16.9 Å². The van der Waals surface area contributed by atoms with Gasteiger partial charge in [-0.05, 0) is 24.3 Å². The van der Waals surface area contributed by atoms with Crippen LogP contribution >= 0.6 is 23.2 Å². The molecule has 36 heavy (non-hydrogen) atoms. The summed E-state index contributed by atoms with van der Waals surface area (Å²) in [6.45, 7) is 1.58. The van der Waals surface area contributed by atoms with Gasteiger partial charge in [-0.15, -0.1) is 0 Å². The Morgan fingerprint density at radius 2 is 1.53 bits per heavy atom. The van der Waals surface area contributed by atoms with Crippen molar-refractivity contribution in [3.05, 3.63) is 51.5 Å². The minimum absolute atomic E-state index is 0.162. The highest BCUT2D eigenvalue weighted by Crippen LogP contribution is 2.70. The Morgan fingerprint density at radius 3 is 2.06 bits per heavy atom. The fourth-order valence-corrected chi connectivity index (χ4v) is 5.69. The normalized spacial score (nSPS) is 27.7. The Hall–Kier alpha value is -3.68. The van der Waals surface area contributed by atoms with Gasteiger partial charge >= 0.3 is 0 Å². The molecule has 0 amide bonds. The van der Waals surface area contributed by atoms with Gasteiger partial charge in [0.25, 0.3) is 0 Å². The molecule has 4 unspecified atom stereocenters. The standard InChI is InChI=1S/C25H20Cl2N4O5/c1-13-24(12-30)22(31)36-25(13,16-6-5-14(26)7-17(16)27)35-21(23(24,10-28)11-29)15-8-19(33-3)20(34-4)9-18(15)32-2/h5-9,13,21,31H,1-4H3. The smallest absolute Gasteiger partial charge is 0.245 e. The molecule has 2 aliphatic heterocycles. The molecule has 4 rings (SSSR count). The van der Waals surface area contributed by atoms with Crippen molar-refractivity contribution >= 4 is 29.1 Å². The van der Waals surface area contributed by atoms with E-state index in [9.17, 15) is 15.8 Å². The van der Waals surface area contributed by atoms with Crippen LogP contribution in [-0.4, -0.2) is 27.2 Å². The molecule has 0 aliphatic carbocycles. The Bertz CT molecular complexity index is 1380. The number of nitrogens with zero attached hydrogens (tertiary/aromatic N) is 3. The molecule has 4 atom stereocenters. The topological polar surface area (TPSA) is 141 Å². The average Bonchev–Trinajstić information content (AvgIpc) is 3.04. The number of ether oxygens (including phenoxy) is 5. The summed E-state index contributed by atoms with van der Waals surface area (Å²) in [5.74, 6) is -2.56. The molecular formula is C25H20Cl2N4O5. The van der Waals surface area contributed by atoms with Gasteiger partial charge in [0.05, 0.1) is 50.5 Å². The van der Waals surface area contributed by atoms with E-state index in [2.05, 4.69) is 6.07 Å². The summed E-state index contributed by atoms with van der Waals surface area (Å²) in [6, 6.07) is 13.7. The number of nitriles is 3. The van der Waals surface area contributed by atoms with Crippen molar-refractivity contribution in [2.75, 3.05) is 21.3 Å². The molecule has 2 aliphatic rings. The van der Waals surface area contributed by atoms with Gasteiger partial charge in [-0.3, -0.25) is 5.41 Å². The van der Waals surface area contributed by atoms with Crippen molar-refractivity contribution in [3.63, 3.8) is 0 Å². The lowest BCUT2D eigenvalue weighted by Gasteiger charge is -2.49. The second-order valence-corrected chi connectivity index (χ2v) is 9.19. The lowest BCUT2D eigenvalue weighted by Crippen LogP contribution is -2.57. The SMILES string of the molecule is COc1cc(OC)c(C2OC3(c4ccc(Cl)cc4Cl)OC(=N)C(C#N)(C3C)C2(C#N)C#N)cc1OC. The molecular weight excluding hydrogens is 507 g/mol. The lowest BCUT2D eigenvalue weighted by atomic mass is 9.53. The summed E-state index contributed by atoms with van der Waals surface area (Å²) in [6.07, 6.45) is -1.44. The van der Waals surface area contributed by atoms with E-state index < -0.39 is 34.5 Å². The summed E-state index contributed by atoms with van der Waals surface area (Å²) >= 11 is 12.6. The zero-order valence-corrected chi connectivity index (χ0v) is 21.2. The number of hydrogen-bond donors (Lipinski definition) is 1. The average molecular weight is 527 g/mol. The first-order valence-corrected chi connectivity index (χ1v) is 11.4. The molecule has 2 heterocycles. The summed E-state index contributed by atoms with van der Waals surface area (Å²) in [5, 5.41) is 40.7. The van der Waals surface area contributed by atoms with E-state index in [1.165, 1.54) is 39.5 Å². The molecule has 2 aromatic rings. The van der Waals surface area contributed by atoms with Crippen molar-refractivity contribution in [2.45, 2.75) is 18.8 Å². The monoisotopic (exact) mass is 526 g/mol. The van der Waals surface area contributed by atoms with Gasteiger partial charge in [-0.1, -0.05) is 30.1 Å². The largest absolute Gasteiger partial charge is 0.496 e. The zero-order chi connectivity index (χ0) is 26.5. The molecule has 2 aromatic carbocycles. The highest BCUT2D eigenvalue weighted by atomic mass is 35.5. The Morgan fingerprint density at radius 1 is 0.917 bits per heavy atom. The molecule has 2 saturated heterocycles. The Labute approximate surface area is 217 Å². The van der Waals surface area contributed by atoms with E-state index in [1.54, 1.807) is 19.1 Å². The minimum atomic E-state index is -2.22. The second kappa shape index (κ2) is 8.76. The van der Waals surface area contributed by atoms with Gasteiger partial charge in [0, 0.05) is 22.2 Å². The second-order valence-electron chi connectivity index (χ2n) is 8.34.